The van der Waals surface area contributed by atoms with Crippen molar-refractivity contribution in [1.29, 1.82) is 0 Å². The van der Waals surface area contributed by atoms with Crippen LogP contribution in [0.25, 0.3) is 0 Å². The highest BCUT2D eigenvalue weighted by Crippen LogP contribution is 2.31. The molecule has 0 spiro atoms. The third kappa shape index (κ3) is 2.99. The molecule has 4 rings (SSSR count). The van der Waals surface area contributed by atoms with Crippen molar-refractivity contribution in [2.75, 3.05) is 11.9 Å². The van der Waals surface area contributed by atoms with Gasteiger partial charge in [-0.05, 0) is 30.4 Å². The van der Waals surface area contributed by atoms with Crippen LogP contribution in [0.4, 0.5) is 5.82 Å². The molecule has 0 amide bonds. The van der Waals surface area contributed by atoms with Crippen molar-refractivity contribution >= 4 is 11.8 Å². The summed E-state index contributed by atoms with van der Waals surface area (Å²) in [6, 6.07) is 0.388. The number of aryl methyl sites for hydroxylation is 1. The van der Waals surface area contributed by atoms with Gasteiger partial charge in [-0.3, -0.25) is 9.58 Å². The summed E-state index contributed by atoms with van der Waals surface area (Å²) in [5.74, 6) is -0.354. The van der Waals surface area contributed by atoms with Crippen LogP contribution in [0.1, 0.15) is 39.9 Å². The van der Waals surface area contributed by atoms with E-state index >= 15 is 0 Å². The Balaban J connectivity index is 1.57. The largest absolute Gasteiger partial charge is 0.478 e. The summed E-state index contributed by atoms with van der Waals surface area (Å²) in [6.45, 7) is 2.38. The molecule has 7 heteroatoms. The van der Waals surface area contributed by atoms with Crippen LogP contribution in [-0.4, -0.2) is 43.3 Å². The molecule has 7 nitrogen and oxygen atoms in total. The summed E-state index contributed by atoms with van der Waals surface area (Å²) >= 11 is 0. The Morgan fingerprint density at radius 1 is 1.42 bits per heavy atom. The van der Waals surface area contributed by atoms with Crippen LogP contribution in [0.2, 0.25) is 0 Å². The molecule has 1 aliphatic heterocycles. The number of hydrogen-bond donors (Lipinski definition) is 2. The number of fused-ring (bicyclic) bond motifs is 1. The van der Waals surface area contributed by atoms with Crippen molar-refractivity contribution in [1.82, 2.24) is 19.7 Å². The molecule has 1 aliphatic carbocycles. The summed E-state index contributed by atoms with van der Waals surface area (Å²) in [7, 11) is 1.91. The maximum absolute atomic E-state index is 11.8. The van der Waals surface area contributed by atoms with E-state index in [1.807, 2.05) is 25.6 Å². The predicted octanol–water partition coefficient (Wildman–Crippen LogP) is 1.65. The van der Waals surface area contributed by atoms with Gasteiger partial charge in [0.25, 0.3) is 0 Å². The van der Waals surface area contributed by atoms with Crippen LogP contribution in [0.3, 0.4) is 0 Å². The van der Waals surface area contributed by atoms with E-state index in [0.717, 1.165) is 50.0 Å². The van der Waals surface area contributed by atoms with Crippen molar-refractivity contribution < 1.29 is 9.90 Å². The summed E-state index contributed by atoms with van der Waals surface area (Å²) in [5, 5.41) is 17.1. The Morgan fingerprint density at radius 3 is 2.92 bits per heavy atom. The molecule has 2 aliphatic rings. The number of carboxylic acids is 1. The lowest BCUT2D eigenvalue weighted by Crippen LogP contribution is -2.31. The number of anilines is 1. The number of pyridine rings is 1. The van der Waals surface area contributed by atoms with Gasteiger partial charge in [0.05, 0.1) is 6.20 Å². The zero-order valence-electron chi connectivity index (χ0n) is 13.7. The quantitative estimate of drug-likeness (QED) is 0.869. The number of hydrogen-bond acceptors (Lipinski definition) is 5. The lowest BCUT2D eigenvalue weighted by atomic mass is 9.96. The van der Waals surface area contributed by atoms with Gasteiger partial charge in [0, 0.05) is 50.7 Å². The molecule has 126 valence electrons. The van der Waals surface area contributed by atoms with Crippen LogP contribution in [-0.2, 0) is 26.6 Å². The second-order valence-electron chi connectivity index (χ2n) is 6.69. The maximum Gasteiger partial charge on any atom is 0.339 e. The topological polar surface area (TPSA) is 83.3 Å². The van der Waals surface area contributed by atoms with Crippen molar-refractivity contribution in [3.63, 3.8) is 0 Å². The van der Waals surface area contributed by atoms with Crippen molar-refractivity contribution in [2.24, 2.45) is 7.05 Å². The molecule has 0 saturated heterocycles. The molecule has 0 bridgehead atoms. The average Bonchev–Trinajstić information content (AvgIpc) is 3.27. The van der Waals surface area contributed by atoms with Gasteiger partial charge in [0.2, 0.25) is 0 Å². The molecule has 2 N–H and O–H groups in total. The van der Waals surface area contributed by atoms with Crippen molar-refractivity contribution in [3.8, 4) is 0 Å². The van der Waals surface area contributed by atoms with Crippen LogP contribution in [0.15, 0.2) is 18.6 Å². The van der Waals surface area contributed by atoms with Gasteiger partial charge in [-0.1, -0.05) is 0 Å². The maximum atomic E-state index is 11.8. The third-order valence-electron chi connectivity index (χ3n) is 4.64. The fraction of sp³-hybridized carbons (Fsp3) is 0.471. The summed E-state index contributed by atoms with van der Waals surface area (Å²) < 4.78 is 1.80. The van der Waals surface area contributed by atoms with E-state index in [0.29, 0.717) is 17.4 Å². The molecule has 0 aromatic carbocycles. The number of carboxylic acid groups (broad SMARTS) is 1. The van der Waals surface area contributed by atoms with Gasteiger partial charge in [-0.2, -0.15) is 5.10 Å². The van der Waals surface area contributed by atoms with Crippen molar-refractivity contribution in [3.05, 3.63) is 40.8 Å². The second kappa shape index (κ2) is 5.90. The van der Waals surface area contributed by atoms with E-state index in [1.165, 1.54) is 5.56 Å². The molecule has 0 unspecified atom stereocenters. The minimum atomic E-state index is -0.886. The van der Waals surface area contributed by atoms with Gasteiger partial charge in [-0.15, -0.1) is 0 Å². The van der Waals surface area contributed by atoms with Gasteiger partial charge in [-0.25, -0.2) is 9.78 Å². The Hall–Kier alpha value is -2.41. The van der Waals surface area contributed by atoms with Gasteiger partial charge in [0.15, 0.2) is 0 Å². The summed E-state index contributed by atoms with van der Waals surface area (Å²) in [4.78, 5) is 18.5. The molecule has 2 aromatic heterocycles. The molecule has 1 saturated carbocycles. The molecule has 0 radical (unpaired) electrons. The van der Waals surface area contributed by atoms with Gasteiger partial charge in [0.1, 0.15) is 11.4 Å². The zero-order chi connectivity index (χ0) is 16.7. The number of rotatable bonds is 5. The molecule has 0 atom stereocenters. The van der Waals surface area contributed by atoms with Crippen molar-refractivity contribution in [2.45, 2.75) is 38.4 Å². The molecular formula is C17H21N5O2. The number of aromatic nitrogens is 3. The third-order valence-corrected chi connectivity index (χ3v) is 4.64. The molecule has 1 fully saturated rings. The lowest BCUT2D eigenvalue weighted by Gasteiger charge is -2.29. The first-order valence-electron chi connectivity index (χ1n) is 8.30. The highest BCUT2D eigenvalue weighted by Gasteiger charge is 2.28. The standard InChI is InChI=1S/C17H21N5O2/c1-21-8-11(6-19-21)9-22-5-4-14-12(10-22)7-18-16(15(14)17(23)24)20-13-2-3-13/h6-8,13H,2-5,9-10H2,1H3,(H,18,20)(H,23,24). The molecule has 2 aromatic rings. The Morgan fingerprint density at radius 2 is 2.25 bits per heavy atom. The van der Waals surface area contributed by atoms with E-state index in [-0.39, 0.29) is 0 Å². The zero-order valence-corrected chi connectivity index (χ0v) is 13.7. The minimum absolute atomic E-state index is 0.362. The lowest BCUT2D eigenvalue weighted by molar-refractivity contribution is 0.0695. The number of aromatic carboxylic acids is 1. The van der Waals surface area contributed by atoms with Crippen LogP contribution < -0.4 is 5.32 Å². The highest BCUT2D eigenvalue weighted by molar-refractivity contribution is 5.95. The van der Waals surface area contributed by atoms with Gasteiger partial charge >= 0.3 is 5.97 Å². The Labute approximate surface area is 140 Å². The van der Waals surface area contributed by atoms with E-state index in [9.17, 15) is 9.90 Å². The first-order valence-corrected chi connectivity index (χ1v) is 8.30. The summed E-state index contributed by atoms with van der Waals surface area (Å²) in [6.07, 6.45) is 8.65. The van der Waals surface area contributed by atoms with E-state index < -0.39 is 5.97 Å². The first kappa shape index (κ1) is 15.1. The Kier molecular flexibility index (Phi) is 3.72. The number of nitrogens with one attached hydrogen (secondary N) is 1. The number of carbonyl (C=O) groups is 1. The SMILES string of the molecule is Cn1cc(CN2CCc3c(cnc(NC4CC4)c3C(=O)O)C2)cn1. The molecule has 3 heterocycles. The van der Waals surface area contributed by atoms with Crippen LogP contribution in [0, 0.1) is 0 Å². The molecular weight excluding hydrogens is 306 g/mol. The number of nitrogens with zero attached hydrogens (tertiary/aromatic N) is 4. The molecule has 24 heavy (non-hydrogen) atoms. The van der Waals surface area contributed by atoms with Gasteiger partial charge < -0.3 is 10.4 Å². The average molecular weight is 327 g/mol. The van der Waals surface area contributed by atoms with E-state index in [2.05, 4.69) is 20.3 Å². The Bertz CT molecular complexity index is 781. The summed E-state index contributed by atoms with van der Waals surface area (Å²) in [5.41, 5.74) is 3.48. The fourth-order valence-electron chi connectivity index (χ4n) is 3.31. The highest BCUT2D eigenvalue weighted by atomic mass is 16.4. The minimum Gasteiger partial charge on any atom is -0.478 e. The normalized spacial score (nSPS) is 17.5. The fourth-order valence-corrected chi connectivity index (χ4v) is 3.31. The van der Waals surface area contributed by atoms with Crippen LogP contribution >= 0.6 is 0 Å². The van der Waals surface area contributed by atoms with E-state index in [4.69, 9.17) is 0 Å². The monoisotopic (exact) mass is 327 g/mol. The first-order chi connectivity index (χ1) is 11.6. The smallest absolute Gasteiger partial charge is 0.339 e. The van der Waals surface area contributed by atoms with Crippen LogP contribution in [0.5, 0.6) is 0 Å². The van der Waals surface area contributed by atoms with E-state index in [1.54, 1.807) is 4.68 Å². The predicted molar refractivity (Wildman–Crippen MR) is 88.9 cm³/mol. The second-order valence-corrected chi connectivity index (χ2v) is 6.69.